The molecule has 0 aliphatic heterocycles. The molecule has 0 atom stereocenters. The Balaban J connectivity index is 2.60. The number of carbonyl (C=O) groups is 1. The molecular weight excluding hydrogens is 436 g/mol. The summed E-state index contributed by atoms with van der Waals surface area (Å²) in [6, 6.07) is 9.86. The molecule has 33 heavy (non-hydrogen) atoms. The molecule has 174 valence electrons. The van der Waals surface area contributed by atoms with Crippen LogP contribution in [0.4, 0.5) is 0 Å². The molecular formula is C27H30O5S. The van der Waals surface area contributed by atoms with Crippen LogP contribution in [0.3, 0.4) is 0 Å². The van der Waals surface area contributed by atoms with E-state index in [0.717, 1.165) is 22.3 Å². The maximum atomic E-state index is 12.5. The number of rotatable bonds is 5. The van der Waals surface area contributed by atoms with E-state index in [-0.39, 0.29) is 28.3 Å². The molecule has 0 saturated carbocycles. The summed E-state index contributed by atoms with van der Waals surface area (Å²) in [4.78, 5) is 12.3. The van der Waals surface area contributed by atoms with Crippen molar-refractivity contribution in [3.05, 3.63) is 87.5 Å². The van der Waals surface area contributed by atoms with Gasteiger partial charge in [-0.25, -0.2) is 0 Å². The van der Waals surface area contributed by atoms with E-state index in [4.69, 9.17) is 0 Å². The van der Waals surface area contributed by atoms with Gasteiger partial charge in [-0.2, -0.15) is 8.42 Å². The fraction of sp³-hybridized carbons (Fsp3) is 0.296. The quantitative estimate of drug-likeness (QED) is 0.529. The Labute approximate surface area is 195 Å². The van der Waals surface area contributed by atoms with E-state index >= 15 is 0 Å². The zero-order chi connectivity index (χ0) is 24.7. The highest BCUT2D eigenvalue weighted by molar-refractivity contribution is 7.86. The van der Waals surface area contributed by atoms with Gasteiger partial charge in [0.05, 0.1) is 0 Å². The SMILES string of the molecule is CC1=CC(=C(c2cc(C)c(O)cc2C(C)C)c2ccccc2S(=O)(=O)O)C(C(C)C)=CC1=O. The first kappa shape index (κ1) is 24.7. The van der Waals surface area contributed by atoms with Gasteiger partial charge in [-0.15, -0.1) is 0 Å². The van der Waals surface area contributed by atoms with Crippen molar-refractivity contribution in [2.24, 2.45) is 5.92 Å². The van der Waals surface area contributed by atoms with Crippen LogP contribution in [-0.4, -0.2) is 23.9 Å². The van der Waals surface area contributed by atoms with Gasteiger partial charge >= 0.3 is 0 Å². The second-order valence-corrected chi connectivity index (χ2v) is 10.5. The van der Waals surface area contributed by atoms with Crippen molar-refractivity contribution in [1.82, 2.24) is 0 Å². The Morgan fingerprint density at radius 3 is 2.12 bits per heavy atom. The number of benzene rings is 2. The standard InChI is InChI=1S/C27H30O5S/c1-15(2)20-13-24(28)17(5)11-22(20)27(19-9-7-8-10-26(19)33(30,31)32)23-12-18(6)25(29)14-21(23)16(3)4/h7-16,28H,1-6H3,(H,30,31,32). The summed E-state index contributed by atoms with van der Waals surface area (Å²) in [5.74, 6) is 0.0690. The van der Waals surface area contributed by atoms with E-state index in [0.29, 0.717) is 22.3 Å². The van der Waals surface area contributed by atoms with Crippen molar-refractivity contribution in [2.45, 2.75) is 52.4 Å². The minimum Gasteiger partial charge on any atom is -0.508 e. The van der Waals surface area contributed by atoms with E-state index < -0.39 is 10.1 Å². The van der Waals surface area contributed by atoms with Crippen molar-refractivity contribution in [3.63, 3.8) is 0 Å². The van der Waals surface area contributed by atoms with E-state index in [1.165, 1.54) is 6.07 Å². The summed E-state index contributed by atoms with van der Waals surface area (Å²) in [6.45, 7) is 11.5. The van der Waals surface area contributed by atoms with Crippen LogP contribution in [0.2, 0.25) is 0 Å². The maximum Gasteiger partial charge on any atom is 0.295 e. The van der Waals surface area contributed by atoms with Gasteiger partial charge in [0, 0.05) is 5.56 Å². The van der Waals surface area contributed by atoms with Crippen molar-refractivity contribution in [1.29, 1.82) is 0 Å². The van der Waals surface area contributed by atoms with Gasteiger partial charge < -0.3 is 5.11 Å². The Bertz CT molecular complexity index is 1320. The summed E-state index contributed by atoms with van der Waals surface area (Å²) in [5.41, 5.74) is 5.20. The molecule has 3 rings (SSSR count). The number of phenolic OH excluding ortho intramolecular Hbond substituents is 1. The molecule has 5 nitrogen and oxygen atoms in total. The third kappa shape index (κ3) is 4.87. The molecule has 2 aromatic rings. The number of phenols is 1. The summed E-state index contributed by atoms with van der Waals surface area (Å²) < 4.78 is 34.7. The topological polar surface area (TPSA) is 91.7 Å². The average molecular weight is 467 g/mol. The van der Waals surface area contributed by atoms with Crippen molar-refractivity contribution >= 4 is 21.5 Å². The predicted molar refractivity (Wildman–Crippen MR) is 131 cm³/mol. The van der Waals surface area contributed by atoms with Crippen LogP contribution in [0.15, 0.2) is 70.2 Å². The Kier molecular flexibility index (Phi) is 6.82. The smallest absolute Gasteiger partial charge is 0.295 e. The molecule has 1 aliphatic rings. The van der Waals surface area contributed by atoms with Crippen molar-refractivity contribution < 1.29 is 22.9 Å². The Hall–Kier alpha value is -2.96. The van der Waals surface area contributed by atoms with E-state index in [1.54, 1.807) is 50.3 Å². The van der Waals surface area contributed by atoms with Crippen molar-refractivity contribution in [3.8, 4) is 5.75 Å². The molecule has 0 spiro atoms. The molecule has 0 heterocycles. The average Bonchev–Trinajstić information content (AvgIpc) is 2.72. The fourth-order valence-electron chi connectivity index (χ4n) is 4.14. The van der Waals surface area contributed by atoms with Gasteiger partial charge in [-0.1, -0.05) is 45.9 Å². The van der Waals surface area contributed by atoms with Crippen LogP contribution in [0, 0.1) is 12.8 Å². The summed E-state index contributed by atoms with van der Waals surface area (Å²) in [6.07, 6.45) is 3.40. The van der Waals surface area contributed by atoms with E-state index in [1.807, 2.05) is 33.8 Å². The lowest BCUT2D eigenvalue weighted by molar-refractivity contribution is -0.111. The number of allylic oxidation sites excluding steroid dienone is 5. The Morgan fingerprint density at radius 1 is 0.909 bits per heavy atom. The van der Waals surface area contributed by atoms with Gasteiger partial charge in [0.15, 0.2) is 5.78 Å². The first-order chi connectivity index (χ1) is 15.3. The van der Waals surface area contributed by atoms with Crippen LogP contribution in [0.5, 0.6) is 5.75 Å². The lowest BCUT2D eigenvalue weighted by atomic mass is 9.78. The van der Waals surface area contributed by atoms with Crippen LogP contribution in [0.1, 0.15) is 62.8 Å². The van der Waals surface area contributed by atoms with Crippen LogP contribution < -0.4 is 0 Å². The highest BCUT2D eigenvalue weighted by atomic mass is 32.2. The molecule has 0 bridgehead atoms. The zero-order valence-corrected chi connectivity index (χ0v) is 20.6. The molecule has 0 saturated heterocycles. The lowest BCUT2D eigenvalue weighted by Crippen LogP contribution is -2.13. The molecule has 2 aromatic carbocycles. The number of ketones is 1. The fourth-order valence-corrected chi connectivity index (χ4v) is 4.84. The lowest BCUT2D eigenvalue weighted by Gasteiger charge is -2.26. The van der Waals surface area contributed by atoms with Crippen LogP contribution in [0.25, 0.3) is 5.57 Å². The molecule has 0 aromatic heterocycles. The summed E-state index contributed by atoms with van der Waals surface area (Å²) >= 11 is 0. The third-order valence-electron chi connectivity index (χ3n) is 5.93. The second-order valence-electron chi connectivity index (χ2n) is 9.09. The second kappa shape index (κ2) is 9.12. The monoisotopic (exact) mass is 466 g/mol. The van der Waals surface area contributed by atoms with Gasteiger partial charge in [0.25, 0.3) is 10.1 Å². The number of aromatic hydroxyl groups is 1. The van der Waals surface area contributed by atoms with Crippen LogP contribution in [-0.2, 0) is 14.9 Å². The third-order valence-corrected chi connectivity index (χ3v) is 6.84. The van der Waals surface area contributed by atoms with Crippen LogP contribution >= 0.6 is 0 Å². The first-order valence-electron chi connectivity index (χ1n) is 10.9. The molecule has 1 aliphatic carbocycles. The molecule has 0 amide bonds. The zero-order valence-electron chi connectivity index (χ0n) is 19.8. The molecule has 0 radical (unpaired) electrons. The highest BCUT2D eigenvalue weighted by Crippen LogP contribution is 2.42. The summed E-state index contributed by atoms with van der Waals surface area (Å²) in [5, 5.41) is 10.4. The minimum absolute atomic E-state index is 0.0121. The largest absolute Gasteiger partial charge is 0.508 e. The normalized spacial score (nSPS) is 16.2. The maximum absolute atomic E-state index is 12.5. The molecule has 0 fully saturated rings. The minimum atomic E-state index is -4.53. The number of hydrogen-bond acceptors (Lipinski definition) is 4. The number of hydrogen-bond donors (Lipinski definition) is 2. The highest BCUT2D eigenvalue weighted by Gasteiger charge is 2.28. The van der Waals surface area contributed by atoms with Gasteiger partial charge in [-0.05, 0) is 95.0 Å². The van der Waals surface area contributed by atoms with Gasteiger partial charge in [0.1, 0.15) is 10.6 Å². The Morgan fingerprint density at radius 2 is 1.55 bits per heavy atom. The first-order valence-corrected chi connectivity index (χ1v) is 12.4. The molecule has 2 N–H and O–H groups in total. The number of carbonyl (C=O) groups excluding carboxylic acids is 1. The van der Waals surface area contributed by atoms with Crippen molar-refractivity contribution in [2.75, 3.05) is 0 Å². The molecule has 6 heteroatoms. The predicted octanol–water partition coefficient (Wildman–Crippen LogP) is 5.98. The van der Waals surface area contributed by atoms with E-state index in [2.05, 4.69) is 0 Å². The van der Waals surface area contributed by atoms with Gasteiger partial charge in [-0.3, -0.25) is 9.35 Å². The summed E-state index contributed by atoms with van der Waals surface area (Å²) in [7, 11) is -4.53. The molecule has 0 unspecified atom stereocenters. The van der Waals surface area contributed by atoms with E-state index in [9.17, 15) is 22.9 Å². The van der Waals surface area contributed by atoms with Gasteiger partial charge in [0.2, 0.25) is 0 Å². The number of aryl methyl sites for hydroxylation is 1.